The molecule has 0 aromatic heterocycles. The van der Waals surface area contributed by atoms with Crippen molar-refractivity contribution in [2.24, 2.45) is 0 Å². The Balaban J connectivity index is 1.88. The Morgan fingerprint density at radius 1 is 1.29 bits per heavy atom. The van der Waals surface area contributed by atoms with E-state index in [4.69, 9.17) is 0 Å². The maximum atomic E-state index is 12.0. The number of rotatable bonds is 8. The van der Waals surface area contributed by atoms with E-state index in [0.29, 0.717) is 11.4 Å². The van der Waals surface area contributed by atoms with Crippen molar-refractivity contribution in [3.63, 3.8) is 0 Å². The fraction of sp³-hybridized carbons (Fsp3) is 0.571. The van der Waals surface area contributed by atoms with Crippen molar-refractivity contribution < 1.29 is 12.6 Å². The van der Waals surface area contributed by atoms with E-state index in [2.05, 4.69) is 10.0 Å². The second-order valence-corrected chi connectivity index (χ2v) is 8.96. The molecule has 2 rings (SSSR count). The van der Waals surface area contributed by atoms with Gasteiger partial charge in [-0.15, -0.1) is 0 Å². The lowest BCUT2D eigenvalue weighted by Crippen LogP contribution is -2.25. The number of nitrogens with one attached hydrogen (secondary N) is 2. The molecule has 2 N–H and O–H groups in total. The number of hydrogen-bond donors (Lipinski definition) is 2. The van der Waals surface area contributed by atoms with Crippen LogP contribution in [-0.2, 0) is 20.8 Å². The van der Waals surface area contributed by atoms with E-state index in [0.717, 1.165) is 24.9 Å². The van der Waals surface area contributed by atoms with Gasteiger partial charge in [0.25, 0.3) is 0 Å². The minimum Gasteiger partial charge on any atom is -0.385 e. The molecule has 2 atom stereocenters. The summed E-state index contributed by atoms with van der Waals surface area (Å²) in [6.07, 6.45) is 4.37. The van der Waals surface area contributed by atoms with Crippen LogP contribution in [0.1, 0.15) is 26.2 Å². The molecule has 2 unspecified atom stereocenters. The molecule has 0 aliphatic heterocycles. The van der Waals surface area contributed by atoms with Gasteiger partial charge in [-0.05, 0) is 43.5 Å². The Bertz CT molecular complexity index is 595. The highest BCUT2D eigenvalue weighted by atomic mass is 32.2. The van der Waals surface area contributed by atoms with Gasteiger partial charge >= 0.3 is 0 Å². The van der Waals surface area contributed by atoms with E-state index in [1.54, 1.807) is 30.5 Å². The molecule has 118 valence electrons. The van der Waals surface area contributed by atoms with Gasteiger partial charge in [0.15, 0.2) is 0 Å². The first-order valence-corrected chi connectivity index (χ1v) is 10.2. The molecule has 0 radical (unpaired) electrons. The van der Waals surface area contributed by atoms with Gasteiger partial charge in [-0.1, -0.05) is 6.92 Å². The quantitative estimate of drug-likeness (QED) is 0.761. The first kappa shape index (κ1) is 16.5. The van der Waals surface area contributed by atoms with Crippen molar-refractivity contribution in [3.05, 3.63) is 24.3 Å². The van der Waals surface area contributed by atoms with E-state index in [1.165, 1.54) is 0 Å². The molecule has 1 saturated carbocycles. The molecule has 1 aliphatic rings. The second-order valence-electron chi connectivity index (χ2n) is 5.44. The standard InChI is InChI=1S/C14H22N2O3S2/c1-11(20(2)17)9-10-15-12-5-7-14(8-6-12)21(18,19)16-13-3-4-13/h5-8,11,13,15-16H,3-4,9-10H2,1-2H3. The third kappa shape index (κ3) is 5.09. The van der Waals surface area contributed by atoms with Crippen LogP contribution in [0.15, 0.2) is 29.2 Å². The molecule has 21 heavy (non-hydrogen) atoms. The maximum absolute atomic E-state index is 12.0. The third-order valence-corrected chi connectivity index (χ3v) is 6.42. The summed E-state index contributed by atoms with van der Waals surface area (Å²) in [7, 11) is -4.19. The zero-order valence-corrected chi connectivity index (χ0v) is 14.0. The van der Waals surface area contributed by atoms with Crippen LogP contribution in [0.4, 0.5) is 5.69 Å². The van der Waals surface area contributed by atoms with Gasteiger partial charge in [-0.3, -0.25) is 4.21 Å². The van der Waals surface area contributed by atoms with E-state index in [1.807, 2.05) is 6.92 Å². The molecule has 0 amide bonds. The van der Waals surface area contributed by atoms with Crippen LogP contribution in [0.2, 0.25) is 0 Å². The van der Waals surface area contributed by atoms with E-state index in [-0.39, 0.29) is 11.3 Å². The zero-order valence-electron chi connectivity index (χ0n) is 12.3. The summed E-state index contributed by atoms with van der Waals surface area (Å²) in [5, 5.41) is 3.37. The predicted molar refractivity (Wildman–Crippen MR) is 86.4 cm³/mol. The first-order valence-electron chi connectivity index (χ1n) is 7.07. The van der Waals surface area contributed by atoms with Gasteiger partial charge in [0.2, 0.25) is 10.0 Å². The highest BCUT2D eigenvalue weighted by Crippen LogP contribution is 2.22. The Morgan fingerprint density at radius 3 is 2.43 bits per heavy atom. The van der Waals surface area contributed by atoms with Crippen LogP contribution in [0, 0.1) is 0 Å². The minimum absolute atomic E-state index is 0.115. The van der Waals surface area contributed by atoms with Crippen molar-refractivity contribution in [1.82, 2.24) is 4.72 Å². The van der Waals surface area contributed by atoms with Gasteiger partial charge in [0.1, 0.15) is 0 Å². The Labute approximate surface area is 129 Å². The third-order valence-electron chi connectivity index (χ3n) is 3.51. The van der Waals surface area contributed by atoms with Crippen LogP contribution < -0.4 is 10.0 Å². The molecule has 5 nitrogen and oxygen atoms in total. The van der Waals surface area contributed by atoms with Crippen LogP contribution in [0.5, 0.6) is 0 Å². The fourth-order valence-corrected chi connectivity index (χ4v) is 3.58. The summed E-state index contributed by atoms with van der Waals surface area (Å²) in [5.74, 6) is 0. The zero-order chi connectivity index (χ0) is 15.5. The van der Waals surface area contributed by atoms with Crippen molar-refractivity contribution in [2.75, 3.05) is 18.1 Å². The van der Waals surface area contributed by atoms with Crippen molar-refractivity contribution >= 4 is 26.5 Å². The number of anilines is 1. The molecule has 0 spiro atoms. The van der Waals surface area contributed by atoms with E-state index < -0.39 is 20.8 Å². The van der Waals surface area contributed by atoms with Gasteiger partial charge in [-0.2, -0.15) is 0 Å². The predicted octanol–water partition coefficient (Wildman–Crippen LogP) is 1.70. The average Bonchev–Trinajstić information content (AvgIpc) is 3.22. The van der Waals surface area contributed by atoms with Gasteiger partial charge < -0.3 is 5.32 Å². The molecule has 0 heterocycles. The molecule has 0 saturated heterocycles. The average molecular weight is 330 g/mol. The van der Waals surface area contributed by atoms with Crippen LogP contribution in [0.25, 0.3) is 0 Å². The summed E-state index contributed by atoms with van der Waals surface area (Å²) in [6, 6.07) is 6.84. The molecular formula is C14H22N2O3S2. The van der Waals surface area contributed by atoms with Crippen LogP contribution in [-0.4, -0.2) is 36.7 Å². The summed E-state index contributed by atoms with van der Waals surface area (Å²) in [5.41, 5.74) is 0.870. The monoisotopic (exact) mass is 330 g/mol. The number of hydrogen-bond acceptors (Lipinski definition) is 4. The van der Waals surface area contributed by atoms with Gasteiger partial charge in [-0.25, -0.2) is 13.1 Å². The molecule has 7 heteroatoms. The van der Waals surface area contributed by atoms with Gasteiger partial charge in [0.05, 0.1) is 4.90 Å². The van der Waals surface area contributed by atoms with E-state index in [9.17, 15) is 12.6 Å². The van der Waals surface area contributed by atoms with Crippen molar-refractivity contribution in [1.29, 1.82) is 0 Å². The summed E-state index contributed by atoms with van der Waals surface area (Å²) in [4.78, 5) is 0.294. The first-order chi connectivity index (χ1) is 9.88. The topological polar surface area (TPSA) is 75.3 Å². The molecule has 1 aromatic rings. The van der Waals surface area contributed by atoms with Gasteiger partial charge in [0, 0.05) is 40.6 Å². The molecule has 1 aromatic carbocycles. The smallest absolute Gasteiger partial charge is 0.240 e. The lowest BCUT2D eigenvalue weighted by atomic mass is 10.3. The molecular weight excluding hydrogens is 308 g/mol. The molecule has 1 fully saturated rings. The molecule has 0 bridgehead atoms. The SMILES string of the molecule is CC(CCNc1ccc(S(=O)(=O)NC2CC2)cc1)S(C)=O. The summed E-state index contributed by atoms with van der Waals surface area (Å²) in [6.45, 7) is 2.67. The lowest BCUT2D eigenvalue weighted by Gasteiger charge is -2.11. The Hall–Kier alpha value is -0.920. The Kier molecular flexibility index (Phi) is 5.40. The Morgan fingerprint density at radius 2 is 1.90 bits per heavy atom. The van der Waals surface area contributed by atoms with Crippen LogP contribution in [0.3, 0.4) is 0 Å². The maximum Gasteiger partial charge on any atom is 0.240 e. The molecule has 1 aliphatic carbocycles. The van der Waals surface area contributed by atoms with Crippen molar-refractivity contribution in [2.45, 2.75) is 42.4 Å². The highest BCUT2D eigenvalue weighted by molar-refractivity contribution is 7.89. The lowest BCUT2D eigenvalue weighted by molar-refractivity contribution is 0.581. The number of benzene rings is 1. The second kappa shape index (κ2) is 6.89. The minimum atomic E-state index is -3.38. The summed E-state index contributed by atoms with van der Waals surface area (Å²) >= 11 is 0. The largest absolute Gasteiger partial charge is 0.385 e. The fourth-order valence-electron chi connectivity index (χ4n) is 1.83. The summed E-state index contributed by atoms with van der Waals surface area (Å²) < 4.78 is 37.9. The van der Waals surface area contributed by atoms with Crippen LogP contribution >= 0.6 is 0 Å². The van der Waals surface area contributed by atoms with E-state index >= 15 is 0 Å². The highest BCUT2D eigenvalue weighted by Gasteiger charge is 2.27. The number of sulfonamides is 1. The van der Waals surface area contributed by atoms with Crippen molar-refractivity contribution in [3.8, 4) is 0 Å². The normalized spacial score (nSPS) is 18.2.